The van der Waals surface area contributed by atoms with Crippen LogP contribution >= 0.6 is 0 Å². The van der Waals surface area contributed by atoms with Gasteiger partial charge in [-0.15, -0.1) is 0 Å². The molecular formula is C31H40N4O4. The average Bonchev–Trinajstić information content (AvgIpc) is 3.44. The third kappa shape index (κ3) is 6.16. The number of amides is 1. The van der Waals surface area contributed by atoms with Gasteiger partial charge in [0.25, 0.3) is 0 Å². The van der Waals surface area contributed by atoms with Gasteiger partial charge >= 0.3 is 0 Å². The van der Waals surface area contributed by atoms with Gasteiger partial charge in [0, 0.05) is 36.4 Å². The number of hydrogen-bond donors (Lipinski definition) is 1. The van der Waals surface area contributed by atoms with Crippen LogP contribution in [0.2, 0.25) is 0 Å². The molecule has 8 heteroatoms. The zero-order valence-corrected chi connectivity index (χ0v) is 23.4. The lowest BCUT2D eigenvalue weighted by atomic mass is 9.91. The number of piperidine rings is 1. The molecule has 3 aromatic rings. The van der Waals surface area contributed by atoms with E-state index >= 15 is 0 Å². The molecule has 1 saturated carbocycles. The van der Waals surface area contributed by atoms with E-state index in [0.717, 1.165) is 68.1 Å². The van der Waals surface area contributed by atoms with Crippen molar-refractivity contribution in [2.24, 2.45) is 11.3 Å². The summed E-state index contributed by atoms with van der Waals surface area (Å²) in [6, 6.07) is 7.49. The van der Waals surface area contributed by atoms with Crippen molar-refractivity contribution in [3.05, 3.63) is 42.5 Å². The highest BCUT2D eigenvalue weighted by Gasteiger charge is 2.58. The van der Waals surface area contributed by atoms with Crippen LogP contribution in [0.4, 0.5) is 0 Å². The molecule has 8 nitrogen and oxygen atoms in total. The van der Waals surface area contributed by atoms with Crippen molar-refractivity contribution >= 4 is 22.6 Å². The molecule has 5 rings (SSSR count). The maximum Gasteiger partial charge on any atom is 0.224 e. The fraction of sp³-hybridized carbons (Fsp3) is 0.548. The Balaban J connectivity index is 1.32. The summed E-state index contributed by atoms with van der Waals surface area (Å²) in [7, 11) is 3.78. The second kappa shape index (κ2) is 11.9. The van der Waals surface area contributed by atoms with Crippen molar-refractivity contribution in [3.8, 4) is 17.1 Å². The first kappa shape index (κ1) is 27.3. The quantitative estimate of drug-likeness (QED) is 0.298. The zero-order chi connectivity index (χ0) is 27.4. The van der Waals surface area contributed by atoms with Gasteiger partial charge in [-0.25, -0.2) is 4.98 Å². The number of aromatic nitrogens is 2. The number of ether oxygens (including phenoxy) is 1. The summed E-state index contributed by atoms with van der Waals surface area (Å²) < 4.78 is 11.9. The van der Waals surface area contributed by atoms with Crippen LogP contribution in [0.1, 0.15) is 76.6 Å². The molecule has 1 aliphatic heterocycles. The maximum atomic E-state index is 13.4. The summed E-state index contributed by atoms with van der Waals surface area (Å²) >= 11 is 0. The number of Topliss-reactive ketones (excluding diaryl/α,β-unsaturated/α-hetero) is 1. The number of fused-ring (bicyclic) bond motifs is 1. The molecule has 2 atom stereocenters. The van der Waals surface area contributed by atoms with Gasteiger partial charge in [-0.05, 0) is 69.8 Å². The summed E-state index contributed by atoms with van der Waals surface area (Å²) in [6.07, 6.45) is 11.2. The van der Waals surface area contributed by atoms with Crippen LogP contribution in [0.15, 0.2) is 41.1 Å². The lowest BCUT2D eigenvalue weighted by molar-refractivity contribution is -0.124. The fourth-order valence-electron chi connectivity index (χ4n) is 5.92. The largest absolute Gasteiger partial charge is 0.496 e. The molecule has 0 unspecified atom stereocenters. The van der Waals surface area contributed by atoms with Crippen LogP contribution < -0.4 is 10.1 Å². The molecule has 1 spiro atoms. The van der Waals surface area contributed by atoms with Crippen LogP contribution in [0.5, 0.6) is 5.75 Å². The molecule has 2 fully saturated rings. The Morgan fingerprint density at radius 1 is 1.21 bits per heavy atom. The molecule has 3 heterocycles. The van der Waals surface area contributed by atoms with E-state index in [1.165, 1.54) is 0 Å². The molecule has 39 heavy (non-hydrogen) atoms. The number of methoxy groups -OCH3 is 1. The minimum absolute atomic E-state index is 0.0680. The number of nitrogens with one attached hydrogen (secondary N) is 1. The van der Waals surface area contributed by atoms with Crippen molar-refractivity contribution in [2.75, 3.05) is 27.2 Å². The molecule has 1 amide bonds. The second-order valence-corrected chi connectivity index (χ2v) is 11.3. The van der Waals surface area contributed by atoms with Gasteiger partial charge in [-0.1, -0.05) is 25.8 Å². The van der Waals surface area contributed by atoms with Gasteiger partial charge in [-0.2, -0.15) is 0 Å². The number of rotatable bonds is 12. The second-order valence-electron chi connectivity index (χ2n) is 11.3. The summed E-state index contributed by atoms with van der Waals surface area (Å²) in [5.41, 5.74) is 1.81. The van der Waals surface area contributed by atoms with E-state index in [4.69, 9.17) is 9.15 Å². The van der Waals surface area contributed by atoms with Crippen LogP contribution in [-0.2, 0) is 9.59 Å². The minimum Gasteiger partial charge on any atom is -0.496 e. The van der Waals surface area contributed by atoms with Gasteiger partial charge in [-0.3, -0.25) is 14.6 Å². The van der Waals surface area contributed by atoms with Gasteiger partial charge in [0.15, 0.2) is 5.76 Å². The van der Waals surface area contributed by atoms with Crippen molar-refractivity contribution in [1.82, 2.24) is 20.2 Å². The van der Waals surface area contributed by atoms with E-state index in [2.05, 4.69) is 27.2 Å². The van der Waals surface area contributed by atoms with Gasteiger partial charge in [0.05, 0.1) is 24.4 Å². The number of nitrogens with zero attached hydrogens (tertiary/aromatic N) is 3. The Bertz CT molecular complexity index is 1310. The number of ketones is 1. The molecule has 0 bridgehead atoms. The predicted molar refractivity (Wildman–Crippen MR) is 150 cm³/mol. The summed E-state index contributed by atoms with van der Waals surface area (Å²) in [6.45, 7) is 4.01. The molecule has 1 N–H and O–H groups in total. The Labute approximate surface area is 230 Å². The normalized spacial score (nSPS) is 19.2. The smallest absolute Gasteiger partial charge is 0.224 e. The molecule has 1 aliphatic carbocycles. The first-order valence-corrected chi connectivity index (χ1v) is 14.3. The van der Waals surface area contributed by atoms with Gasteiger partial charge in [0.1, 0.15) is 17.6 Å². The molecule has 1 aromatic carbocycles. The highest BCUT2D eigenvalue weighted by Crippen LogP contribution is 2.59. The number of likely N-dealkylation sites (tertiary alicyclic amines) is 1. The maximum absolute atomic E-state index is 13.4. The zero-order valence-electron chi connectivity index (χ0n) is 23.4. The number of pyridine rings is 1. The number of carbonyl (C=O) groups excluding carboxylic acids is 2. The van der Waals surface area contributed by atoms with E-state index in [-0.39, 0.29) is 23.3 Å². The summed E-state index contributed by atoms with van der Waals surface area (Å²) in [5, 5.41) is 4.28. The van der Waals surface area contributed by atoms with Crippen LogP contribution in [-0.4, -0.2) is 53.8 Å². The predicted octanol–water partition coefficient (Wildman–Crippen LogP) is 5.72. The van der Waals surface area contributed by atoms with E-state index < -0.39 is 0 Å². The molecule has 2 aliphatic rings. The number of unbranched alkanes of at least 4 members (excludes halogenated alkanes) is 2. The summed E-state index contributed by atoms with van der Waals surface area (Å²) in [4.78, 5) is 36.5. The highest BCUT2D eigenvalue weighted by atomic mass is 16.5. The molecule has 0 radical (unpaired) electrons. The van der Waals surface area contributed by atoms with E-state index in [1.54, 1.807) is 19.5 Å². The number of hydrogen-bond acceptors (Lipinski definition) is 7. The van der Waals surface area contributed by atoms with Crippen molar-refractivity contribution in [1.29, 1.82) is 0 Å². The fourth-order valence-corrected chi connectivity index (χ4v) is 5.92. The first-order chi connectivity index (χ1) is 18.9. The Morgan fingerprint density at radius 3 is 2.79 bits per heavy atom. The van der Waals surface area contributed by atoms with Crippen LogP contribution in [0.25, 0.3) is 22.2 Å². The van der Waals surface area contributed by atoms with E-state index in [0.29, 0.717) is 42.4 Å². The van der Waals surface area contributed by atoms with E-state index in [9.17, 15) is 9.59 Å². The number of oxazole rings is 1. The third-order valence-corrected chi connectivity index (χ3v) is 8.66. The minimum atomic E-state index is -0.315. The molecule has 2 aromatic heterocycles. The molecular weight excluding hydrogens is 492 g/mol. The Hall–Kier alpha value is -3.26. The lowest BCUT2D eigenvalue weighted by Crippen LogP contribution is -2.36. The number of benzene rings is 1. The Kier molecular flexibility index (Phi) is 8.31. The van der Waals surface area contributed by atoms with Crippen LogP contribution in [0, 0.1) is 11.3 Å². The molecule has 208 valence electrons. The van der Waals surface area contributed by atoms with Gasteiger partial charge in [0.2, 0.25) is 11.8 Å². The van der Waals surface area contributed by atoms with E-state index in [1.807, 2.05) is 31.2 Å². The number of carbonyl (C=O) groups is 2. The average molecular weight is 533 g/mol. The first-order valence-electron chi connectivity index (χ1n) is 14.3. The lowest BCUT2D eigenvalue weighted by Gasteiger charge is -2.30. The topological polar surface area (TPSA) is 97.6 Å². The highest BCUT2D eigenvalue weighted by molar-refractivity contribution is 5.87. The van der Waals surface area contributed by atoms with Crippen molar-refractivity contribution in [3.63, 3.8) is 0 Å². The van der Waals surface area contributed by atoms with Crippen LogP contribution in [0.3, 0.4) is 0 Å². The molecule has 1 saturated heterocycles. The standard InChI is InChI=1S/C31H40N4O4/c1-4-22(36)10-6-5-7-11-25(34-29(37)24-19-31(24)12-15-35(2)16-13-31)30-33-20-28(39-30)23-17-21-9-8-14-32-26(21)18-27(23)38-3/h8-9,14,17-18,20,24-25H,4-7,10-13,15-16,19H2,1-3H3,(H,34,37)/t24-,25+/m1/s1. The SMILES string of the molecule is CCC(=O)CCCCC[C@H](NC(=O)[C@H]1CC12CCN(C)CC2)c1ncc(-c2cc3cccnc3cc2OC)o1. The Morgan fingerprint density at radius 2 is 2.03 bits per heavy atom. The summed E-state index contributed by atoms with van der Waals surface area (Å²) in [5.74, 6) is 2.24. The van der Waals surface area contributed by atoms with Gasteiger partial charge < -0.3 is 19.4 Å². The van der Waals surface area contributed by atoms with Crippen molar-refractivity contribution in [2.45, 2.75) is 70.8 Å². The third-order valence-electron chi connectivity index (χ3n) is 8.66. The van der Waals surface area contributed by atoms with Crippen molar-refractivity contribution < 1.29 is 18.7 Å². The monoisotopic (exact) mass is 532 g/mol.